The predicted molar refractivity (Wildman–Crippen MR) is 71.3 cm³/mol. The van der Waals surface area contributed by atoms with Crippen molar-refractivity contribution < 1.29 is 0 Å². The van der Waals surface area contributed by atoms with Gasteiger partial charge in [0.15, 0.2) is 0 Å². The van der Waals surface area contributed by atoms with Crippen molar-refractivity contribution >= 4 is 23.0 Å². The van der Waals surface area contributed by atoms with E-state index in [9.17, 15) is 0 Å². The quantitative estimate of drug-likeness (QED) is 0.819. The minimum Gasteiger partial charge on any atom is -0.396 e. The number of nitrogen functional groups attached to an aromatic ring is 1. The highest BCUT2D eigenvalue weighted by Gasteiger charge is 2.03. The topological polar surface area (TPSA) is 55.9 Å². The van der Waals surface area contributed by atoms with E-state index in [1.54, 1.807) is 12.3 Å². The summed E-state index contributed by atoms with van der Waals surface area (Å²) in [6, 6.07) is 5.57. The Morgan fingerprint density at radius 1 is 1.47 bits per heavy atom. The smallest absolute Gasteiger partial charge is 0.110 e. The van der Waals surface area contributed by atoms with E-state index in [0.717, 1.165) is 24.5 Å². The second-order valence-electron chi connectivity index (χ2n) is 3.83. The summed E-state index contributed by atoms with van der Waals surface area (Å²) >= 11 is 5.94. The standard InChI is InChI=1S/C12H15ClN4/c1-17-8-7-16-11(17)5-6-15-10-4-2-3-9(13)12(10)14/h2-4,7-8,15H,5-6,14H2,1H3. The van der Waals surface area contributed by atoms with Crippen LogP contribution in [0, 0.1) is 0 Å². The monoisotopic (exact) mass is 250 g/mol. The molecule has 0 saturated heterocycles. The van der Waals surface area contributed by atoms with E-state index >= 15 is 0 Å². The summed E-state index contributed by atoms with van der Waals surface area (Å²) in [6.45, 7) is 0.773. The van der Waals surface area contributed by atoms with Gasteiger partial charge < -0.3 is 15.6 Å². The second kappa shape index (κ2) is 5.10. The average molecular weight is 251 g/mol. The molecule has 5 heteroatoms. The molecule has 0 radical (unpaired) electrons. The van der Waals surface area contributed by atoms with E-state index in [0.29, 0.717) is 10.7 Å². The lowest BCUT2D eigenvalue weighted by molar-refractivity contribution is 0.790. The van der Waals surface area contributed by atoms with Crippen molar-refractivity contribution in [3.05, 3.63) is 41.4 Å². The molecule has 0 fully saturated rings. The van der Waals surface area contributed by atoms with Crippen LogP contribution in [0.1, 0.15) is 5.82 Å². The number of para-hydroxylation sites is 1. The average Bonchev–Trinajstić information content (AvgIpc) is 2.71. The van der Waals surface area contributed by atoms with Crippen molar-refractivity contribution in [3.8, 4) is 0 Å². The number of halogens is 1. The number of benzene rings is 1. The van der Waals surface area contributed by atoms with Crippen LogP contribution in [0.2, 0.25) is 5.02 Å². The molecule has 1 aromatic carbocycles. The van der Waals surface area contributed by atoms with Crippen molar-refractivity contribution in [1.29, 1.82) is 0 Å². The molecule has 0 saturated carbocycles. The molecule has 17 heavy (non-hydrogen) atoms. The fourth-order valence-electron chi connectivity index (χ4n) is 1.64. The molecular weight excluding hydrogens is 236 g/mol. The number of nitrogens with one attached hydrogen (secondary N) is 1. The largest absolute Gasteiger partial charge is 0.396 e. The highest BCUT2D eigenvalue weighted by Crippen LogP contribution is 2.26. The first-order valence-corrected chi connectivity index (χ1v) is 5.80. The fourth-order valence-corrected chi connectivity index (χ4v) is 1.81. The van der Waals surface area contributed by atoms with Crippen molar-refractivity contribution in [2.75, 3.05) is 17.6 Å². The molecule has 2 aromatic rings. The number of rotatable bonds is 4. The summed E-state index contributed by atoms with van der Waals surface area (Å²) in [6.07, 6.45) is 4.57. The maximum absolute atomic E-state index is 5.94. The van der Waals surface area contributed by atoms with E-state index in [-0.39, 0.29) is 0 Å². The Hall–Kier alpha value is -1.68. The lowest BCUT2D eigenvalue weighted by Crippen LogP contribution is -2.09. The summed E-state index contributed by atoms with van der Waals surface area (Å²) in [5.41, 5.74) is 7.32. The highest BCUT2D eigenvalue weighted by atomic mass is 35.5. The summed E-state index contributed by atoms with van der Waals surface area (Å²) < 4.78 is 2.00. The zero-order chi connectivity index (χ0) is 12.3. The van der Waals surface area contributed by atoms with Gasteiger partial charge in [0.2, 0.25) is 0 Å². The SMILES string of the molecule is Cn1ccnc1CCNc1cccc(Cl)c1N. The first kappa shape index (κ1) is 11.8. The Labute approximate surface area is 105 Å². The van der Waals surface area contributed by atoms with Crippen LogP contribution in [0.3, 0.4) is 0 Å². The summed E-state index contributed by atoms with van der Waals surface area (Å²) in [4.78, 5) is 4.25. The van der Waals surface area contributed by atoms with Gasteiger partial charge in [-0.25, -0.2) is 4.98 Å². The molecule has 0 aliphatic carbocycles. The number of nitrogens with zero attached hydrogens (tertiary/aromatic N) is 2. The van der Waals surface area contributed by atoms with Gasteiger partial charge in [0.1, 0.15) is 5.82 Å². The van der Waals surface area contributed by atoms with E-state index < -0.39 is 0 Å². The molecule has 3 N–H and O–H groups in total. The summed E-state index contributed by atoms with van der Waals surface area (Å²) in [7, 11) is 1.98. The van der Waals surface area contributed by atoms with Gasteiger partial charge in [-0.15, -0.1) is 0 Å². The number of hydrogen-bond donors (Lipinski definition) is 2. The third-order valence-electron chi connectivity index (χ3n) is 2.64. The Morgan fingerprint density at radius 2 is 2.29 bits per heavy atom. The Morgan fingerprint density at radius 3 is 3.00 bits per heavy atom. The summed E-state index contributed by atoms with van der Waals surface area (Å²) in [5.74, 6) is 1.04. The van der Waals surface area contributed by atoms with E-state index in [1.165, 1.54) is 0 Å². The molecule has 0 amide bonds. The van der Waals surface area contributed by atoms with Crippen LogP contribution in [0.5, 0.6) is 0 Å². The third kappa shape index (κ3) is 2.71. The van der Waals surface area contributed by atoms with Crippen molar-refractivity contribution in [2.24, 2.45) is 7.05 Å². The fraction of sp³-hybridized carbons (Fsp3) is 0.250. The van der Waals surface area contributed by atoms with E-state index in [2.05, 4.69) is 10.3 Å². The molecule has 0 aliphatic rings. The molecule has 0 bridgehead atoms. The lowest BCUT2D eigenvalue weighted by atomic mass is 10.2. The van der Waals surface area contributed by atoms with Crippen molar-refractivity contribution in [1.82, 2.24) is 9.55 Å². The molecular formula is C12H15ClN4. The number of aryl methyl sites for hydroxylation is 1. The van der Waals surface area contributed by atoms with Crippen LogP contribution in [0.25, 0.3) is 0 Å². The minimum atomic E-state index is 0.576. The van der Waals surface area contributed by atoms with Crippen LogP contribution in [0.15, 0.2) is 30.6 Å². The Kier molecular flexibility index (Phi) is 3.54. The number of aromatic nitrogens is 2. The highest BCUT2D eigenvalue weighted by molar-refractivity contribution is 6.33. The van der Waals surface area contributed by atoms with Crippen molar-refractivity contribution in [2.45, 2.75) is 6.42 Å². The molecule has 1 aromatic heterocycles. The lowest BCUT2D eigenvalue weighted by Gasteiger charge is -2.10. The van der Waals surface area contributed by atoms with Gasteiger partial charge in [-0.3, -0.25) is 0 Å². The zero-order valence-corrected chi connectivity index (χ0v) is 10.4. The van der Waals surface area contributed by atoms with Crippen LogP contribution in [-0.2, 0) is 13.5 Å². The number of hydrogen-bond acceptors (Lipinski definition) is 3. The van der Waals surface area contributed by atoms with Gasteiger partial charge in [-0.05, 0) is 12.1 Å². The number of imidazole rings is 1. The summed E-state index contributed by atoms with van der Waals surface area (Å²) in [5, 5.41) is 3.83. The van der Waals surface area contributed by atoms with Gasteiger partial charge in [0.25, 0.3) is 0 Å². The molecule has 4 nitrogen and oxygen atoms in total. The first-order valence-electron chi connectivity index (χ1n) is 5.42. The third-order valence-corrected chi connectivity index (χ3v) is 2.97. The molecule has 1 heterocycles. The van der Waals surface area contributed by atoms with Crippen LogP contribution < -0.4 is 11.1 Å². The van der Waals surface area contributed by atoms with Gasteiger partial charge in [0.05, 0.1) is 16.4 Å². The molecule has 0 atom stereocenters. The maximum atomic E-state index is 5.94. The number of nitrogens with two attached hydrogens (primary N) is 1. The van der Waals surface area contributed by atoms with E-state index in [1.807, 2.05) is 29.9 Å². The predicted octanol–water partition coefficient (Wildman–Crippen LogP) is 2.31. The molecule has 0 unspecified atom stereocenters. The van der Waals surface area contributed by atoms with Crippen LogP contribution in [-0.4, -0.2) is 16.1 Å². The van der Waals surface area contributed by atoms with Gasteiger partial charge >= 0.3 is 0 Å². The molecule has 0 aliphatic heterocycles. The maximum Gasteiger partial charge on any atom is 0.110 e. The Balaban J connectivity index is 1.95. The van der Waals surface area contributed by atoms with E-state index in [4.69, 9.17) is 17.3 Å². The van der Waals surface area contributed by atoms with Gasteiger partial charge in [0, 0.05) is 32.4 Å². The van der Waals surface area contributed by atoms with Gasteiger partial charge in [-0.2, -0.15) is 0 Å². The molecule has 0 spiro atoms. The molecule has 2 rings (SSSR count). The minimum absolute atomic E-state index is 0.576. The van der Waals surface area contributed by atoms with Crippen LogP contribution in [0.4, 0.5) is 11.4 Å². The normalized spacial score (nSPS) is 10.5. The second-order valence-corrected chi connectivity index (χ2v) is 4.24. The number of anilines is 2. The zero-order valence-electron chi connectivity index (χ0n) is 9.65. The van der Waals surface area contributed by atoms with Gasteiger partial charge in [-0.1, -0.05) is 17.7 Å². The Bertz CT molecular complexity index is 507. The first-order chi connectivity index (χ1) is 8.18. The molecule has 90 valence electrons. The van der Waals surface area contributed by atoms with Crippen LogP contribution >= 0.6 is 11.6 Å². The van der Waals surface area contributed by atoms with Crippen molar-refractivity contribution in [3.63, 3.8) is 0 Å².